The summed E-state index contributed by atoms with van der Waals surface area (Å²) >= 11 is 0. The lowest BCUT2D eigenvalue weighted by Gasteiger charge is -2.14. The number of H-pyrrole nitrogens is 1. The Morgan fingerprint density at radius 3 is 2.75 bits per heavy atom. The van der Waals surface area contributed by atoms with Crippen LogP contribution in [0.5, 0.6) is 0 Å². The normalized spacial score (nSPS) is 11.5. The molecule has 5 nitrogen and oxygen atoms in total. The highest BCUT2D eigenvalue weighted by molar-refractivity contribution is 6.00. The number of fused-ring (bicyclic) bond motifs is 2. The number of hydrogen-bond acceptors (Lipinski definition) is 4. The standard InChI is InChI=1S/C26H22FN5/c1-3-9-32(2)16-17-10-22-23(15-31-26(22)30-13-17)19-11-21-20(18-5-4-7-28-14-18)6-8-29-25(21)24(27)12-19/h3-8,10-15H,1,9,16H2,2H3,(H,30,31). The molecule has 0 saturated carbocycles. The Morgan fingerprint density at radius 2 is 1.94 bits per heavy atom. The molecule has 0 saturated heterocycles. The van der Waals surface area contributed by atoms with Crippen molar-refractivity contribution >= 4 is 21.9 Å². The van der Waals surface area contributed by atoms with Gasteiger partial charge in [0.15, 0.2) is 0 Å². The summed E-state index contributed by atoms with van der Waals surface area (Å²) in [5, 5.41) is 1.71. The summed E-state index contributed by atoms with van der Waals surface area (Å²) in [6.07, 6.45) is 10.8. The summed E-state index contributed by atoms with van der Waals surface area (Å²) < 4.78 is 15.2. The second-order valence-electron chi connectivity index (χ2n) is 7.88. The lowest BCUT2D eigenvalue weighted by molar-refractivity contribution is 0.363. The highest BCUT2D eigenvalue weighted by atomic mass is 19.1. The first kappa shape index (κ1) is 20.0. The van der Waals surface area contributed by atoms with Gasteiger partial charge < -0.3 is 4.98 Å². The van der Waals surface area contributed by atoms with Gasteiger partial charge in [-0.3, -0.25) is 14.9 Å². The lowest BCUT2D eigenvalue weighted by atomic mass is 9.97. The number of likely N-dealkylation sites (N-methyl/N-ethyl adjacent to an activating group) is 1. The molecular weight excluding hydrogens is 401 g/mol. The van der Waals surface area contributed by atoms with Gasteiger partial charge in [0.2, 0.25) is 0 Å². The van der Waals surface area contributed by atoms with E-state index >= 15 is 4.39 Å². The quantitative estimate of drug-likeness (QED) is 0.361. The molecule has 158 valence electrons. The molecule has 0 atom stereocenters. The molecule has 6 heteroatoms. The van der Waals surface area contributed by atoms with Crippen LogP contribution in [0.2, 0.25) is 0 Å². The molecule has 0 amide bonds. The number of pyridine rings is 3. The van der Waals surface area contributed by atoms with Crippen LogP contribution in [0.25, 0.3) is 44.2 Å². The topological polar surface area (TPSA) is 57.7 Å². The molecule has 5 rings (SSSR count). The molecule has 0 spiro atoms. The van der Waals surface area contributed by atoms with Crippen LogP contribution in [0.4, 0.5) is 4.39 Å². The van der Waals surface area contributed by atoms with Gasteiger partial charge >= 0.3 is 0 Å². The van der Waals surface area contributed by atoms with Crippen molar-refractivity contribution in [1.29, 1.82) is 0 Å². The van der Waals surface area contributed by atoms with E-state index in [4.69, 9.17) is 0 Å². The van der Waals surface area contributed by atoms with Crippen molar-refractivity contribution in [3.63, 3.8) is 0 Å². The highest BCUT2D eigenvalue weighted by Gasteiger charge is 2.15. The SMILES string of the molecule is C=CCN(C)Cc1cnc2[nH]cc(-c3cc(F)c4nccc(-c5cccnc5)c4c3)c2c1. The number of hydrogen-bond donors (Lipinski definition) is 1. The fourth-order valence-corrected chi connectivity index (χ4v) is 4.11. The van der Waals surface area contributed by atoms with Gasteiger partial charge in [0.25, 0.3) is 0 Å². The largest absolute Gasteiger partial charge is 0.346 e. The third-order valence-electron chi connectivity index (χ3n) is 5.56. The zero-order valence-corrected chi connectivity index (χ0v) is 17.7. The summed E-state index contributed by atoms with van der Waals surface area (Å²) in [5.41, 5.74) is 5.70. The molecule has 32 heavy (non-hydrogen) atoms. The van der Waals surface area contributed by atoms with Crippen LogP contribution < -0.4 is 0 Å². The van der Waals surface area contributed by atoms with Gasteiger partial charge in [-0.25, -0.2) is 9.37 Å². The van der Waals surface area contributed by atoms with E-state index in [1.54, 1.807) is 24.7 Å². The first-order valence-electron chi connectivity index (χ1n) is 10.4. The molecule has 0 aliphatic carbocycles. The maximum Gasteiger partial charge on any atom is 0.150 e. The Labute approximate surface area is 185 Å². The smallest absolute Gasteiger partial charge is 0.150 e. The average molecular weight is 423 g/mol. The van der Waals surface area contributed by atoms with E-state index in [2.05, 4.69) is 37.5 Å². The minimum Gasteiger partial charge on any atom is -0.346 e. The van der Waals surface area contributed by atoms with Crippen molar-refractivity contribution in [2.24, 2.45) is 0 Å². The minimum atomic E-state index is -0.354. The van der Waals surface area contributed by atoms with Gasteiger partial charge in [-0.2, -0.15) is 0 Å². The number of benzene rings is 1. The summed E-state index contributed by atoms with van der Waals surface area (Å²) in [4.78, 5) is 18.4. The molecule has 0 aliphatic heterocycles. The number of nitrogens with one attached hydrogen (secondary N) is 1. The third kappa shape index (κ3) is 3.65. The zero-order valence-electron chi connectivity index (χ0n) is 17.7. The zero-order chi connectivity index (χ0) is 22.1. The molecule has 0 bridgehead atoms. The Bertz CT molecular complexity index is 1420. The molecule has 0 unspecified atom stereocenters. The van der Waals surface area contributed by atoms with Crippen LogP contribution in [0.1, 0.15) is 5.56 Å². The summed E-state index contributed by atoms with van der Waals surface area (Å²) in [7, 11) is 2.04. The van der Waals surface area contributed by atoms with E-state index in [-0.39, 0.29) is 5.82 Å². The summed E-state index contributed by atoms with van der Waals surface area (Å²) in [6, 6.07) is 11.4. The van der Waals surface area contributed by atoms with Crippen molar-refractivity contribution in [3.8, 4) is 22.3 Å². The Kier molecular flexibility index (Phi) is 5.21. The maximum absolute atomic E-state index is 15.2. The highest BCUT2D eigenvalue weighted by Crippen LogP contribution is 2.35. The average Bonchev–Trinajstić information content (AvgIpc) is 3.23. The predicted molar refractivity (Wildman–Crippen MR) is 127 cm³/mol. The lowest BCUT2D eigenvalue weighted by Crippen LogP contribution is -2.17. The molecule has 0 radical (unpaired) electrons. The fraction of sp³-hybridized carbons (Fsp3) is 0.115. The van der Waals surface area contributed by atoms with E-state index in [9.17, 15) is 0 Å². The monoisotopic (exact) mass is 423 g/mol. The van der Waals surface area contributed by atoms with Crippen LogP contribution >= 0.6 is 0 Å². The van der Waals surface area contributed by atoms with Crippen molar-refractivity contribution in [3.05, 3.63) is 91.4 Å². The first-order chi connectivity index (χ1) is 15.6. The second kappa shape index (κ2) is 8.32. The first-order valence-corrected chi connectivity index (χ1v) is 10.4. The third-order valence-corrected chi connectivity index (χ3v) is 5.56. The Hall–Kier alpha value is -3.90. The van der Waals surface area contributed by atoms with Crippen molar-refractivity contribution in [2.75, 3.05) is 13.6 Å². The Balaban J connectivity index is 1.65. The Morgan fingerprint density at radius 1 is 1.03 bits per heavy atom. The number of aromatic nitrogens is 4. The number of nitrogens with zero attached hydrogens (tertiary/aromatic N) is 4. The predicted octanol–water partition coefficient (Wildman–Crippen LogP) is 5.60. The van der Waals surface area contributed by atoms with Crippen LogP contribution in [0, 0.1) is 5.82 Å². The van der Waals surface area contributed by atoms with E-state index in [0.29, 0.717) is 5.52 Å². The van der Waals surface area contributed by atoms with Crippen LogP contribution in [-0.2, 0) is 6.54 Å². The van der Waals surface area contributed by atoms with Crippen LogP contribution in [0.15, 0.2) is 80.0 Å². The second-order valence-corrected chi connectivity index (χ2v) is 7.88. The molecule has 1 aromatic carbocycles. The van der Waals surface area contributed by atoms with Gasteiger partial charge in [0, 0.05) is 66.0 Å². The number of aromatic amines is 1. The number of rotatable bonds is 6. The van der Waals surface area contributed by atoms with E-state index in [0.717, 1.165) is 57.3 Å². The van der Waals surface area contributed by atoms with Crippen molar-refractivity contribution in [1.82, 2.24) is 24.8 Å². The van der Waals surface area contributed by atoms with Gasteiger partial charge in [0.05, 0.1) is 0 Å². The molecular formula is C26H22FN5. The summed E-state index contributed by atoms with van der Waals surface area (Å²) in [5.74, 6) is -0.354. The summed E-state index contributed by atoms with van der Waals surface area (Å²) in [6.45, 7) is 5.33. The molecule has 0 fully saturated rings. The fourth-order valence-electron chi connectivity index (χ4n) is 4.11. The van der Waals surface area contributed by atoms with Gasteiger partial charge in [-0.05, 0) is 54.1 Å². The van der Waals surface area contributed by atoms with E-state index in [1.165, 1.54) is 0 Å². The van der Waals surface area contributed by atoms with Crippen molar-refractivity contribution < 1.29 is 4.39 Å². The van der Waals surface area contributed by atoms with Gasteiger partial charge in [-0.1, -0.05) is 12.1 Å². The van der Waals surface area contributed by atoms with E-state index < -0.39 is 0 Å². The molecule has 5 aromatic rings. The molecule has 1 N–H and O–H groups in total. The molecule has 0 aliphatic rings. The number of halogens is 1. The van der Waals surface area contributed by atoms with Crippen molar-refractivity contribution in [2.45, 2.75) is 6.54 Å². The van der Waals surface area contributed by atoms with Crippen LogP contribution in [0.3, 0.4) is 0 Å². The van der Waals surface area contributed by atoms with E-state index in [1.807, 2.05) is 49.8 Å². The minimum absolute atomic E-state index is 0.347. The van der Waals surface area contributed by atoms with Gasteiger partial charge in [0.1, 0.15) is 17.0 Å². The molecule has 4 aromatic heterocycles. The molecule has 4 heterocycles. The van der Waals surface area contributed by atoms with Crippen LogP contribution in [-0.4, -0.2) is 38.4 Å². The van der Waals surface area contributed by atoms with Gasteiger partial charge in [-0.15, -0.1) is 6.58 Å². The maximum atomic E-state index is 15.2.